The van der Waals surface area contributed by atoms with Crippen LogP contribution in [0.15, 0.2) is 40.9 Å². The Hall–Kier alpha value is -2.74. The largest absolute Gasteiger partial charge is 0.456 e. The first-order valence-electron chi connectivity index (χ1n) is 8.53. The summed E-state index contributed by atoms with van der Waals surface area (Å²) in [5.74, 6) is -1.94. The molecule has 2 aromatic rings. The van der Waals surface area contributed by atoms with Crippen LogP contribution in [-0.4, -0.2) is 24.4 Å². The number of halogens is 2. The predicted molar refractivity (Wildman–Crippen MR) is 107 cm³/mol. The molecule has 0 fully saturated rings. The second-order valence-corrected chi connectivity index (χ2v) is 6.96. The first-order chi connectivity index (χ1) is 13.3. The van der Waals surface area contributed by atoms with Crippen molar-refractivity contribution in [2.45, 2.75) is 26.7 Å². The maximum atomic E-state index is 12.8. The first kappa shape index (κ1) is 21.6. The first-order valence-corrected chi connectivity index (χ1v) is 9.32. The number of anilines is 2. The number of ether oxygens (including phenoxy) is 1. The average molecular weight is 451 g/mol. The van der Waals surface area contributed by atoms with E-state index in [1.165, 1.54) is 24.3 Å². The quantitative estimate of drug-likeness (QED) is 0.621. The highest BCUT2D eigenvalue weighted by Crippen LogP contribution is 2.25. The Morgan fingerprint density at radius 3 is 2.29 bits per heavy atom. The summed E-state index contributed by atoms with van der Waals surface area (Å²) in [6.45, 7) is 3.36. The molecule has 0 radical (unpaired) electrons. The van der Waals surface area contributed by atoms with E-state index in [1.807, 2.05) is 19.9 Å². The Morgan fingerprint density at radius 1 is 0.929 bits per heavy atom. The Morgan fingerprint density at radius 2 is 1.61 bits per heavy atom. The Balaban J connectivity index is 1.73. The Kier molecular flexibility index (Phi) is 7.69. The molecule has 0 saturated carbocycles. The van der Waals surface area contributed by atoms with Crippen molar-refractivity contribution in [2.75, 3.05) is 17.2 Å². The SMILES string of the molecule is Cc1c(Br)ccc(NC(=O)COC(=O)CCC(=O)Nc2ccc(F)cc2)c1C. The third-order valence-corrected chi connectivity index (χ3v) is 4.90. The number of carbonyl (C=O) groups excluding carboxylic acids is 3. The van der Waals surface area contributed by atoms with E-state index in [1.54, 1.807) is 6.07 Å². The van der Waals surface area contributed by atoms with Gasteiger partial charge >= 0.3 is 5.97 Å². The van der Waals surface area contributed by atoms with Crippen LogP contribution in [-0.2, 0) is 19.1 Å². The summed E-state index contributed by atoms with van der Waals surface area (Å²) >= 11 is 3.42. The number of carbonyl (C=O) groups is 3. The van der Waals surface area contributed by atoms with Gasteiger partial charge in [-0.15, -0.1) is 0 Å². The standard InChI is InChI=1S/C20H20BrFN2O4/c1-12-13(2)17(8-7-16(12)21)24-19(26)11-28-20(27)10-9-18(25)23-15-5-3-14(22)4-6-15/h3-8H,9-11H2,1-2H3,(H,23,25)(H,24,26). The number of benzene rings is 2. The minimum absolute atomic E-state index is 0.108. The molecule has 0 spiro atoms. The third kappa shape index (κ3) is 6.45. The molecule has 2 aromatic carbocycles. The topological polar surface area (TPSA) is 84.5 Å². The lowest BCUT2D eigenvalue weighted by atomic mass is 10.1. The van der Waals surface area contributed by atoms with Crippen molar-refractivity contribution in [3.05, 3.63) is 57.8 Å². The van der Waals surface area contributed by atoms with Gasteiger partial charge in [0.25, 0.3) is 5.91 Å². The van der Waals surface area contributed by atoms with Gasteiger partial charge < -0.3 is 15.4 Å². The normalized spacial score (nSPS) is 10.3. The van der Waals surface area contributed by atoms with E-state index in [2.05, 4.69) is 26.6 Å². The summed E-state index contributed by atoms with van der Waals surface area (Å²) in [6.07, 6.45) is -0.278. The fourth-order valence-electron chi connectivity index (χ4n) is 2.30. The van der Waals surface area contributed by atoms with Gasteiger partial charge in [0.2, 0.25) is 5.91 Å². The summed E-state index contributed by atoms with van der Waals surface area (Å²) < 4.78 is 18.7. The summed E-state index contributed by atoms with van der Waals surface area (Å²) in [5.41, 5.74) is 2.98. The zero-order valence-corrected chi connectivity index (χ0v) is 17.1. The van der Waals surface area contributed by atoms with E-state index in [0.717, 1.165) is 15.6 Å². The van der Waals surface area contributed by atoms with Crippen LogP contribution in [0, 0.1) is 19.7 Å². The van der Waals surface area contributed by atoms with Gasteiger partial charge in [0, 0.05) is 22.3 Å². The molecular weight excluding hydrogens is 431 g/mol. The smallest absolute Gasteiger partial charge is 0.306 e. The lowest BCUT2D eigenvalue weighted by Gasteiger charge is -2.12. The molecule has 0 aliphatic heterocycles. The van der Waals surface area contributed by atoms with Gasteiger partial charge in [0.05, 0.1) is 6.42 Å². The van der Waals surface area contributed by atoms with Gasteiger partial charge in [0.15, 0.2) is 6.61 Å². The van der Waals surface area contributed by atoms with Crippen LogP contribution in [0.2, 0.25) is 0 Å². The maximum Gasteiger partial charge on any atom is 0.306 e. The molecule has 148 valence electrons. The van der Waals surface area contributed by atoms with Crippen molar-refractivity contribution in [2.24, 2.45) is 0 Å². The van der Waals surface area contributed by atoms with Gasteiger partial charge in [-0.2, -0.15) is 0 Å². The molecular formula is C20H20BrFN2O4. The molecule has 8 heteroatoms. The molecule has 0 saturated heterocycles. The van der Waals surface area contributed by atoms with Crippen molar-refractivity contribution in [3.63, 3.8) is 0 Å². The van der Waals surface area contributed by atoms with Crippen LogP contribution in [0.3, 0.4) is 0 Å². The molecule has 0 aliphatic carbocycles. The highest BCUT2D eigenvalue weighted by molar-refractivity contribution is 9.10. The molecule has 28 heavy (non-hydrogen) atoms. The van der Waals surface area contributed by atoms with Crippen molar-refractivity contribution in [1.29, 1.82) is 0 Å². The summed E-state index contributed by atoms with van der Waals surface area (Å²) in [7, 11) is 0. The number of esters is 1. The highest BCUT2D eigenvalue weighted by atomic mass is 79.9. The summed E-state index contributed by atoms with van der Waals surface area (Å²) in [6, 6.07) is 8.85. The molecule has 0 unspecified atom stereocenters. The average Bonchev–Trinajstić information content (AvgIpc) is 2.67. The monoisotopic (exact) mass is 450 g/mol. The van der Waals surface area contributed by atoms with E-state index in [9.17, 15) is 18.8 Å². The number of hydrogen-bond acceptors (Lipinski definition) is 4. The molecule has 0 aliphatic rings. The molecule has 2 N–H and O–H groups in total. The molecule has 0 heterocycles. The van der Waals surface area contributed by atoms with Gasteiger partial charge in [-0.3, -0.25) is 14.4 Å². The molecule has 2 rings (SSSR count). The number of nitrogens with one attached hydrogen (secondary N) is 2. The van der Waals surface area contributed by atoms with Gasteiger partial charge in [-0.25, -0.2) is 4.39 Å². The number of hydrogen-bond donors (Lipinski definition) is 2. The zero-order valence-electron chi connectivity index (χ0n) is 15.5. The van der Waals surface area contributed by atoms with Crippen molar-refractivity contribution >= 4 is 45.1 Å². The second-order valence-electron chi connectivity index (χ2n) is 6.11. The Bertz CT molecular complexity index is 885. The van der Waals surface area contributed by atoms with E-state index in [-0.39, 0.29) is 12.8 Å². The fraction of sp³-hybridized carbons (Fsp3) is 0.250. The van der Waals surface area contributed by atoms with Crippen molar-refractivity contribution in [3.8, 4) is 0 Å². The number of rotatable bonds is 7. The Labute approximate surface area is 170 Å². The van der Waals surface area contributed by atoms with Crippen LogP contribution < -0.4 is 10.6 Å². The maximum absolute atomic E-state index is 12.8. The lowest BCUT2D eigenvalue weighted by molar-refractivity contribution is -0.147. The van der Waals surface area contributed by atoms with Crippen LogP contribution >= 0.6 is 15.9 Å². The van der Waals surface area contributed by atoms with Gasteiger partial charge in [-0.1, -0.05) is 15.9 Å². The van der Waals surface area contributed by atoms with Gasteiger partial charge in [0.1, 0.15) is 5.82 Å². The van der Waals surface area contributed by atoms with E-state index >= 15 is 0 Å². The van der Waals surface area contributed by atoms with Crippen LogP contribution in [0.1, 0.15) is 24.0 Å². The summed E-state index contributed by atoms with van der Waals surface area (Å²) in [4.78, 5) is 35.5. The zero-order chi connectivity index (χ0) is 20.7. The fourth-order valence-corrected chi connectivity index (χ4v) is 2.73. The van der Waals surface area contributed by atoms with Crippen LogP contribution in [0.5, 0.6) is 0 Å². The van der Waals surface area contributed by atoms with E-state index in [4.69, 9.17) is 4.74 Å². The van der Waals surface area contributed by atoms with E-state index < -0.39 is 30.2 Å². The highest BCUT2D eigenvalue weighted by Gasteiger charge is 2.12. The van der Waals surface area contributed by atoms with Crippen LogP contribution in [0.25, 0.3) is 0 Å². The molecule has 0 atom stereocenters. The predicted octanol–water partition coefficient (Wildman–Crippen LogP) is 4.11. The molecule has 0 aromatic heterocycles. The molecule has 2 amide bonds. The minimum Gasteiger partial charge on any atom is -0.456 e. The molecule has 0 bridgehead atoms. The van der Waals surface area contributed by atoms with Crippen molar-refractivity contribution < 1.29 is 23.5 Å². The minimum atomic E-state index is -0.659. The molecule has 6 nitrogen and oxygen atoms in total. The van der Waals surface area contributed by atoms with E-state index in [0.29, 0.717) is 11.4 Å². The van der Waals surface area contributed by atoms with Crippen LogP contribution in [0.4, 0.5) is 15.8 Å². The third-order valence-electron chi connectivity index (χ3n) is 4.04. The second kappa shape index (κ2) is 9.98. The van der Waals surface area contributed by atoms with Crippen molar-refractivity contribution in [1.82, 2.24) is 0 Å². The van der Waals surface area contributed by atoms with Gasteiger partial charge in [-0.05, 0) is 61.4 Å². The number of amides is 2. The lowest BCUT2D eigenvalue weighted by Crippen LogP contribution is -2.22. The summed E-state index contributed by atoms with van der Waals surface area (Å²) in [5, 5.41) is 5.23.